The van der Waals surface area contributed by atoms with E-state index in [2.05, 4.69) is 32.8 Å². The Kier molecular flexibility index (Phi) is 5.86. The first-order valence-corrected chi connectivity index (χ1v) is 6.06. The Morgan fingerprint density at radius 3 is 3.12 bits per heavy atom. The molecule has 0 fully saturated rings. The number of hydrogen-bond donors (Lipinski definition) is 1. The fraction of sp³-hybridized carbons (Fsp3) is 0.333. The van der Waals surface area contributed by atoms with Crippen LogP contribution in [-0.2, 0) is 9.53 Å². The first-order chi connectivity index (χ1) is 8.13. The number of anilines is 1. The van der Waals surface area contributed by atoms with Crippen LogP contribution in [0.1, 0.15) is 13.3 Å². The fourth-order valence-corrected chi connectivity index (χ4v) is 1.49. The van der Waals surface area contributed by atoms with Crippen molar-refractivity contribution in [2.24, 2.45) is 0 Å². The van der Waals surface area contributed by atoms with Gasteiger partial charge in [-0.25, -0.2) is 0 Å². The number of nitrogens with one attached hydrogen (secondary N) is 1. The van der Waals surface area contributed by atoms with E-state index in [9.17, 15) is 4.79 Å². The van der Waals surface area contributed by atoms with Gasteiger partial charge in [0.1, 0.15) is 6.10 Å². The maximum Gasteiger partial charge on any atom is 0.253 e. The van der Waals surface area contributed by atoms with Gasteiger partial charge in [-0.15, -0.1) is 6.58 Å². The number of rotatable bonds is 6. The average Bonchev–Trinajstić information content (AvgIpc) is 2.29. The Bertz CT molecular complexity index is 396. The van der Waals surface area contributed by atoms with Crippen molar-refractivity contribution in [3.63, 3.8) is 0 Å². The lowest BCUT2D eigenvalue weighted by Gasteiger charge is -2.12. The summed E-state index contributed by atoms with van der Waals surface area (Å²) in [5.74, 6) is -0.186. The van der Waals surface area contributed by atoms with Crippen molar-refractivity contribution >= 4 is 27.5 Å². The lowest BCUT2D eigenvalue weighted by Crippen LogP contribution is -2.28. The molecule has 1 aromatic rings. The summed E-state index contributed by atoms with van der Waals surface area (Å²) < 4.78 is 6.15. The predicted octanol–water partition coefficient (Wildman–Crippen LogP) is 2.76. The molecule has 17 heavy (non-hydrogen) atoms. The maximum absolute atomic E-state index is 11.7. The van der Waals surface area contributed by atoms with E-state index < -0.39 is 6.10 Å². The lowest BCUT2D eigenvalue weighted by molar-refractivity contribution is -0.126. The van der Waals surface area contributed by atoms with Crippen molar-refractivity contribution < 1.29 is 9.53 Å². The van der Waals surface area contributed by atoms with Gasteiger partial charge in [0.2, 0.25) is 0 Å². The second kappa shape index (κ2) is 7.19. The Balaban J connectivity index is 2.45. The second-order valence-corrected chi connectivity index (χ2v) is 4.39. The molecule has 0 aliphatic rings. The molecule has 1 N–H and O–H groups in total. The number of aromatic nitrogens is 1. The minimum Gasteiger partial charge on any atom is -0.368 e. The summed E-state index contributed by atoms with van der Waals surface area (Å²) in [7, 11) is 0. The van der Waals surface area contributed by atoms with Gasteiger partial charge in [0, 0.05) is 10.7 Å². The molecule has 0 aliphatic heterocycles. The van der Waals surface area contributed by atoms with Crippen LogP contribution in [0.3, 0.4) is 0 Å². The molecule has 4 nitrogen and oxygen atoms in total. The number of hydrogen-bond acceptors (Lipinski definition) is 3. The SMILES string of the molecule is C=CCCO[C@@H](C)C(=O)Nc1cncc(Br)c1. The highest BCUT2D eigenvalue weighted by Gasteiger charge is 2.13. The highest BCUT2D eigenvalue weighted by atomic mass is 79.9. The first kappa shape index (κ1) is 13.9. The third-order valence-corrected chi connectivity index (χ3v) is 2.47. The van der Waals surface area contributed by atoms with Gasteiger partial charge >= 0.3 is 0 Å². The molecular formula is C12H15BrN2O2. The minimum atomic E-state index is -0.492. The minimum absolute atomic E-state index is 0.186. The molecule has 0 spiro atoms. The van der Waals surface area contributed by atoms with Crippen LogP contribution in [0.2, 0.25) is 0 Å². The van der Waals surface area contributed by atoms with Crippen LogP contribution < -0.4 is 5.32 Å². The summed E-state index contributed by atoms with van der Waals surface area (Å²) in [6, 6.07) is 1.78. The molecule has 0 saturated heterocycles. The standard InChI is InChI=1S/C12H15BrN2O2/c1-3-4-5-17-9(2)12(16)15-11-6-10(13)7-14-8-11/h3,6-9H,1,4-5H2,2H3,(H,15,16)/t9-/m0/s1. The van der Waals surface area contributed by atoms with Crippen molar-refractivity contribution in [2.45, 2.75) is 19.4 Å². The molecular weight excluding hydrogens is 284 g/mol. The van der Waals surface area contributed by atoms with E-state index in [1.54, 1.807) is 31.5 Å². The molecule has 0 radical (unpaired) electrons. The number of halogens is 1. The number of carbonyl (C=O) groups is 1. The quantitative estimate of drug-likeness (QED) is 0.649. The fourth-order valence-electron chi connectivity index (χ4n) is 1.13. The summed E-state index contributed by atoms with van der Waals surface area (Å²) in [5.41, 5.74) is 0.642. The van der Waals surface area contributed by atoms with Crippen LogP contribution >= 0.6 is 15.9 Å². The third-order valence-electron chi connectivity index (χ3n) is 2.03. The van der Waals surface area contributed by atoms with Crippen LogP contribution in [-0.4, -0.2) is 23.6 Å². The molecule has 0 aromatic carbocycles. The zero-order valence-electron chi connectivity index (χ0n) is 9.65. The highest BCUT2D eigenvalue weighted by Crippen LogP contribution is 2.14. The Morgan fingerprint density at radius 2 is 2.47 bits per heavy atom. The number of ether oxygens (including phenoxy) is 1. The van der Waals surface area contributed by atoms with Gasteiger partial charge in [0.05, 0.1) is 18.5 Å². The van der Waals surface area contributed by atoms with Gasteiger partial charge in [0.25, 0.3) is 5.91 Å². The molecule has 1 amide bonds. The summed E-state index contributed by atoms with van der Waals surface area (Å²) in [5, 5.41) is 2.73. The average molecular weight is 299 g/mol. The predicted molar refractivity (Wildman–Crippen MR) is 70.8 cm³/mol. The molecule has 92 valence electrons. The van der Waals surface area contributed by atoms with Crippen LogP contribution in [0.4, 0.5) is 5.69 Å². The Morgan fingerprint density at radius 1 is 1.71 bits per heavy atom. The molecule has 0 bridgehead atoms. The van der Waals surface area contributed by atoms with Crippen LogP contribution in [0, 0.1) is 0 Å². The molecule has 0 saturated carbocycles. The van der Waals surface area contributed by atoms with Gasteiger partial charge < -0.3 is 10.1 Å². The number of amides is 1. The molecule has 0 aliphatic carbocycles. The zero-order chi connectivity index (χ0) is 12.7. The van der Waals surface area contributed by atoms with E-state index in [1.807, 2.05) is 0 Å². The third kappa shape index (κ3) is 5.10. The summed E-state index contributed by atoms with van der Waals surface area (Å²) in [6.45, 7) is 5.79. The second-order valence-electron chi connectivity index (χ2n) is 3.47. The van der Waals surface area contributed by atoms with Crippen molar-refractivity contribution in [1.29, 1.82) is 0 Å². The van der Waals surface area contributed by atoms with Gasteiger partial charge in [-0.05, 0) is 35.3 Å². The lowest BCUT2D eigenvalue weighted by atomic mass is 10.3. The molecule has 1 rings (SSSR count). The monoisotopic (exact) mass is 298 g/mol. The van der Waals surface area contributed by atoms with Gasteiger partial charge in [0.15, 0.2) is 0 Å². The first-order valence-electron chi connectivity index (χ1n) is 5.27. The molecule has 0 unspecified atom stereocenters. The van der Waals surface area contributed by atoms with E-state index >= 15 is 0 Å². The van der Waals surface area contributed by atoms with Crippen molar-refractivity contribution in [3.05, 3.63) is 35.6 Å². The number of carbonyl (C=O) groups excluding carboxylic acids is 1. The summed E-state index contributed by atoms with van der Waals surface area (Å²) in [4.78, 5) is 15.7. The van der Waals surface area contributed by atoms with Crippen LogP contribution in [0.25, 0.3) is 0 Å². The topological polar surface area (TPSA) is 51.2 Å². The molecule has 5 heteroatoms. The van der Waals surface area contributed by atoms with Crippen molar-refractivity contribution in [1.82, 2.24) is 4.98 Å². The Hall–Kier alpha value is -1.20. The smallest absolute Gasteiger partial charge is 0.253 e. The summed E-state index contributed by atoms with van der Waals surface area (Å²) in [6.07, 6.45) is 5.23. The van der Waals surface area contributed by atoms with Gasteiger partial charge in [-0.1, -0.05) is 6.08 Å². The number of nitrogens with zero attached hydrogens (tertiary/aromatic N) is 1. The largest absolute Gasteiger partial charge is 0.368 e. The number of pyridine rings is 1. The van der Waals surface area contributed by atoms with Gasteiger partial charge in [-0.2, -0.15) is 0 Å². The molecule has 1 heterocycles. The summed E-state index contributed by atoms with van der Waals surface area (Å²) >= 11 is 3.28. The zero-order valence-corrected chi connectivity index (χ0v) is 11.2. The highest BCUT2D eigenvalue weighted by molar-refractivity contribution is 9.10. The van der Waals surface area contributed by atoms with Crippen molar-refractivity contribution in [2.75, 3.05) is 11.9 Å². The van der Waals surface area contributed by atoms with E-state index in [-0.39, 0.29) is 5.91 Å². The van der Waals surface area contributed by atoms with E-state index in [0.717, 1.165) is 10.9 Å². The normalized spacial score (nSPS) is 11.9. The van der Waals surface area contributed by atoms with Crippen molar-refractivity contribution in [3.8, 4) is 0 Å². The van der Waals surface area contributed by atoms with Crippen LogP contribution in [0.5, 0.6) is 0 Å². The van der Waals surface area contributed by atoms with E-state index in [0.29, 0.717) is 12.3 Å². The maximum atomic E-state index is 11.7. The Labute approximate surface area is 109 Å². The van der Waals surface area contributed by atoms with E-state index in [1.165, 1.54) is 0 Å². The van der Waals surface area contributed by atoms with Gasteiger partial charge in [-0.3, -0.25) is 9.78 Å². The van der Waals surface area contributed by atoms with Crippen LogP contribution in [0.15, 0.2) is 35.6 Å². The van der Waals surface area contributed by atoms with E-state index in [4.69, 9.17) is 4.74 Å². The molecule has 1 atom stereocenters. The molecule has 1 aromatic heterocycles.